The van der Waals surface area contributed by atoms with Gasteiger partial charge in [0.1, 0.15) is 11.6 Å². The average Bonchev–Trinajstić information content (AvgIpc) is 3.11. The van der Waals surface area contributed by atoms with Crippen LogP contribution < -0.4 is 0 Å². The summed E-state index contributed by atoms with van der Waals surface area (Å²) in [5.41, 5.74) is 2.61. The van der Waals surface area contributed by atoms with Gasteiger partial charge in [-0.25, -0.2) is 0 Å². The van der Waals surface area contributed by atoms with E-state index in [4.69, 9.17) is 4.42 Å². The van der Waals surface area contributed by atoms with Crippen LogP contribution in [-0.2, 0) is 12.3 Å². The zero-order valence-corrected chi connectivity index (χ0v) is 13.9. The summed E-state index contributed by atoms with van der Waals surface area (Å²) in [6.07, 6.45) is 4.16. The number of rotatable bonds is 6. The quantitative estimate of drug-likeness (QED) is 0.630. The smallest absolute Gasteiger partial charge is 0.191 e. The summed E-state index contributed by atoms with van der Waals surface area (Å²) >= 11 is 1.74. The zero-order chi connectivity index (χ0) is 15.6. The fraction of sp³-hybridized carbons (Fsp3) is 0.333. The maximum Gasteiger partial charge on any atom is 0.191 e. The molecule has 1 fully saturated rings. The van der Waals surface area contributed by atoms with Crippen LogP contribution in [0.5, 0.6) is 0 Å². The Morgan fingerprint density at radius 2 is 2.13 bits per heavy atom. The van der Waals surface area contributed by atoms with Gasteiger partial charge in [0.25, 0.3) is 0 Å². The highest BCUT2D eigenvalue weighted by atomic mass is 32.2. The van der Waals surface area contributed by atoms with Crippen molar-refractivity contribution in [1.82, 2.24) is 14.8 Å². The third-order valence-electron chi connectivity index (χ3n) is 4.03. The van der Waals surface area contributed by atoms with Gasteiger partial charge < -0.3 is 4.42 Å². The molecule has 1 aliphatic rings. The molecule has 0 aliphatic heterocycles. The third-order valence-corrected chi connectivity index (χ3v) is 5.07. The second-order valence-electron chi connectivity index (χ2n) is 6.06. The lowest BCUT2D eigenvalue weighted by Gasteiger charge is -2.08. The van der Waals surface area contributed by atoms with Gasteiger partial charge in [-0.2, -0.15) is 0 Å². The van der Waals surface area contributed by atoms with Crippen molar-refractivity contribution in [2.45, 2.75) is 43.1 Å². The molecule has 4 nitrogen and oxygen atoms in total. The Labute approximate surface area is 139 Å². The summed E-state index contributed by atoms with van der Waals surface area (Å²) in [5.74, 6) is 3.53. The van der Waals surface area contributed by atoms with E-state index in [1.54, 1.807) is 18.0 Å². The van der Waals surface area contributed by atoms with Gasteiger partial charge >= 0.3 is 0 Å². The van der Waals surface area contributed by atoms with Crippen molar-refractivity contribution >= 4 is 11.8 Å². The number of furan rings is 1. The van der Waals surface area contributed by atoms with E-state index in [-0.39, 0.29) is 0 Å². The van der Waals surface area contributed by atoms with Gasteiger partial charge in [0, 0.05) is 11.7 Å². The second-order valence-corrected chi connectivity index (χ2v) is 7.00. The van der Waals surface area contributed by atoms with Crippen LogP contribution in [0, 0.1) is 6.92 Å². The number of thioether (sulfide) groups is 1. The second kappa shape index (κ2) is 6.24. The maximum absolute atomic E-state index is 5.51. The molecule has 2 heterocycles. The van der Waals surface area contributed by atoms with E-state index < -0.39 is 0 Å². The normalized spacial score (nSPS) is 14.3. The van der Waals surface area contributed by atoms with Gasteiger partial charge in [0.05, 0.1) is 12.8 Å². The Bertz CT molecular complexity index is 790. The van der Waals surface area contributed by atoms with Gasteiger partial charge in [0.2, 0.25) is 0 Å². The first-order valence-electron chi connectivity index (χ1n) is 7.93. The predicted octanol–water partition coefficient (Wildman–Crippen LogP) is 4.40. The maximum atomic E-state index is 5.51. The molecule has 1 saturated carbocycles. The first kappa shape index (κ1) is 14.6. The molecule has 3 aromatic rings. The number of aryl methyl sites for hydroxylation is 1. The molecule has 1 aliphatic carbocycles. The summed E-state index contributed by atoms with van der Waals surface area (Å²) in [6, 6.07) is 12.5. The molecular formula is C18H19N3OS. The first-order chi connectivity index (χ1) is 11.3. The monoisotopic (exact) mass is 325 g/mol. The van der Waals surface area contributed by atoms with E-state index in [9.17, 15) is 0 Å². The first-order valence-corrected chi connectivity index (χ1v) is 8.92. The Morgan fingerprint density at radius 3 is 2.87 bits per heavy atom. The van der Waals surface area contributed by atoms with Gasteiger partial charge in [-0.3, -0.25) is 4.57 Å². The van der Waals surface area contributed by atoms with Crippen molar-refractivity contribution in [3.8, 4) is 0 Å². The Balaban J connectivity index is 1.55. The van der Waals surface area contributed by atoms with Gasteiger partial charge in [0.15, 0.2) is 5.16 Å². The molecule has 0 radical (unpaired) electrons. The van der Waals surface area contributed by atoms with Crippen molar-refractivity contribution in [3.63, 3.8) is 0 Å². The topological polar surface area (TPSA) is 43.9 Å². The Morgan fingerprint density at radius 1 is 1.22 bits per heavy atom. The number of nitrogens with zero attached hydrogens (tertiary/aromatic N) is 3. The fourth-order valence-electron chi connectivity index (χ4n) is 2.71. The average molecular weight is 325 g/mol. The van der Waals surface area contributed by atoms with Crippen LogP contribution in [0.25, 0.3) is 0 Å². The summed E-state index contributed by atoms with van der Waals surface area (Å²) in [7, 11) is 0. The van der Waals surface area contributed by atoms with Crippen LogP contribution in [0.2, 0.25) is 0 Å². The number of aromatic nitrogens is 3. The lowest BCUT2D eigenvalue weighted by molar-refractivity contribution is 0.478. The molecule has 0 bridgehead atoms. The van der Waals surface area contributed by atoms with E-state index in [0.29, 0.717) is 12.5 Å². The molecule has 1 aromatic carbocycles. The fourth-order valence-corrected chi connectivity index (χ4v) is 3.59. The van der Waals surface area contributed by atoms with Crippen molar-refractivity contribution < 1.29 is 4.42 Å². The van der Waals surface area contributed by atoms with E-state index in [1.807, 2.05) is 12.1 Å². The molecule has 0 amide bonds. The summed E-state index contributed by atoms with van der Waals surface area (Å²) in [5, 5.41) is 9.85. The van der Waals surface area contributed by atoms with Crippen LogP contribution in [0.3, 0.4) is 0 Å². The SMILES string of the molecule is Cc1cccc(CSc2nnc(C3CC3)n2Cc2ccco2)c1. The predicted molar refractivity (Wildman–Crippen MR) is 90.5 cm³/mol. The number of hydrogen-bond acceptors (Lipinski definition) is 4. The molecule has 2 aromatic heterocycles. The van der Waals surface area contributed by atoms with Gasteiger partial charge in [-0.15, -0.1) is 10.2 Å². The van der Waals surface area contributed by atoms with Crippen molar-refractivity contribution in [3.05, 3.63) is 65.4 Å². The summed E-state index contributed by atoms with van der Waals surface area (Å²) in [4.78, 5) is 0. The molecular weight excluding hydrogens is 306 g/mol. The lowest BCUT2D eigenvalue weighted by Crippen LogP contribution is -2.05. The van der Waals surface area contributed by atoms with Crippen LogP contribution >= 0.6 is 11.8 Å². The zero-order valence-electron chi connectivity index (χ0n) is 13.1. The molecule has 0 N–H and O–H groups in total. The molecule has 0 spiro atoms. The van der Waals surface area contributed by atoms with Crippen LogP contribution in [0.1, 0.15) is 41.5 Å². The highest BCUT2D eigenvalue weighted by molar-refractivity contribution is 7.98. The summed E-state index contributed by atoms with van der Waals surface area (Å²) < 4.78 is 7.73. The van der Waals surface area contributed by atoms with Crippen LogP contribution in [-0.4, -0.2) is 14.8 Å². The Kier molecular flexibility index (Phi) is 3.95. The molecule has 23 heavy (non-hydrogen) atoms. The molecule has 118 valence electrons. The third kappa shape index (κ3) is 3.34. The van der Waals surface area contributed by atoms with Gasteiger partial charge in [-0.05, 0) is 37.5 Å². The summed E-state index contributed by atoms with van der Waals surface area (Å²) in [6.45, 7) is 2.83. The number of hydrogen-bond donors (Lipinski definition) is 0. The molecule has 4 rings (SSSR count). The molecule has 0 atom stereocenters. The van der Waals surface area contributed by atoms with Crippen molar-refractivity contribution in [1.29, 1.82) is 0 Å². The van der Waals surface area contributed by atoms with E-state index in [2.05, 4.69) is 46.0 Å². The number of benzene rings is 1. The molecule has 0 unspecified atom stereocenters. The Hall–Kier alpha value is -2.01. The largest absolute Gasteiger partial charge is 0.467 e. The van der Waals surface area contributed by atoms with Gasteiger partial charge in [-0.1, -0.05) is 41.6 Å². The molecule has 0 saturated heterocycles. The molecule has 5 heteroatoms. The van der Waals surface area contributed by atoms with Crippen molar-refractivity contribution in [2.24, 2.45) is 0 Å². The highest BCUT2D eigenvalue weighted by Crippen LogP contribution is 2.40. The van der Waals surface area contributed by atoms with Crippen LogP contribution in [0.15, 0.2) is 52.2 Å². The van der Waals surface area contributed by atoms with E-state index in [1.165, 1.54) is 24.0 Å². The van der Waals surface area contributed by atoms with E-state index in [0.717, 1.165) is 22.5 Å². The lowest BCUT2D eigenvalue weighted by atomic mass is 10.2. The standard InChI is InChI=1S/C18H19N3OS/c1-13-4-2-5-14(10-13)12-23-18-20-19-17(15-7-8-15)21(18)11-16-6-3-9-22-16/h2-6,9-10,15H,7-8,11-12H2,1H3. The van der Waals surface area contributed by atoms with Crippen molar-refractivity contribution in [2.75, 3.05) is 0 Å². The minimum atomic E-state index is 0.575. The highest BCUT2D eigenvalue weighted by Gasteiger charge is 2.30. The minimum absolute atomic E-state index is 0.575. The van der Waals surface area contributed by atoms with Crippen LogP contribution in [0.4, 0.5) is 0 Å². The minimum Gasteiger partial charge on any atom is -0.467 e. The van der Waals surface area contributed by atoms with E-state index >= 15 is 0 Å².